The van der Waals surface area contributed by atoms with Gasteiger partial charge in [0.25, 0.3) is 0 Å². The number of hydrogen-bond acceptors (Lipinski definition) is 6. The van der Waals surface area contributed by atoms with Gasteiger partial charge >= 0.3 is 0 Å². The van der Waals surface area contributed by atoms with Crippen LogP contribution < -0.4 is 11.1 Å². The summed E-state index contributed by atoms with van der Waals surface area (Å²) in [6, 6.07) is 9.04. The highest BCUT2D eigenvalue weighted by molar-refractivity contribution is 5.99. The van der Waals surface area contributed by atoms with E-state index in [1.165, 1.54) is 48.2 Å². The lowest BCUT2D eigenvalue weighted by Crippen LogP contribution is -2.33. The summed E-state index contributed by atoms with van der Waals surface area (Å²) in [5, 5.41) is 7.94. The van der Waals surface area contributed by atoms with E-state index in [2.05, 4.69) is 25.3 Å². The quantitative estimate of drug-likeness (QED) is 0.438. The number of nitrogens with zero attached hydrogens (tertiary/aromatic N) is 5. The average molecular weight is 467 g/mol. The van der Waals surface area contributed by atoms with Gasteiger partial charge in [-0.2, -0.15) is 4.98 Å². The van der Waals surface area contributed by atoms with Gasteiger partial charge < -0.3 is 16.0 Å². The van der Waals surface area contributed by atoms with Gasteiger partial charge in [-0.15, -0.1) is 5.10 Å². The summed E-state index contributed by atoms with van der Waals surface area (Å²) < 4.78 is 43.5. The first kappa shape index (κ1) is 22.1. The molecule has 0 unspecified atom stereocenters. The predicted molar refractivity (Wildman–Crippen MR) is 125 cm³/mol. The molecule has 1 fully saturated rings. The van der Waals surface area contributed by atoms with Gasteiger partial charge in [-0.1, -0.05) is 12.5 Å². The monoisotopic (exact) mass is 467 g/mol. The zero-order chi connectivity index (χ0) is 23.7. The molecule has 0 radical (unpaired) electrons. The molecule has 1 saturated heterocycles. The molecule has 7 nitrogen and oxygen atoms in total. The number of fused-ring (bicyclic) bond motifs is 1. The van der Waals surface area contributed by atoms with Crippen LogP contribution in [0, 0.1) is 17.5 Å². The topological polar surface area (TPSA) is 84.9 Å². The Morgan fingerprint density at radius 2 is 1.74 bits per heavy atom. The molecule has 0 spiro atoms. The van der Waals surface area contributed by atoms with Crippen LogP contribution in [-0.2, 0) is 0 Å². The second kappa shape index (κ2) is 9.30. The molecule has 0 atom stereocenters. The third-order valence-electron chi connectivity index (χ3n) is 5.97. The van der Waals surface area contributed by atoms with Crippen LogP contribution in [0.3, 0.4) is 0 Å². The van der Waals surface area contributed by atoms with Gasteiger partial charge in [0.05, 0.1) is 16.8 Å². The molecule has 3 N–H and O–H groups in total. The number of halogens is 3. The molecule has 0 saturated carbocycles. The van der Waals surface area contributed by atoms with E-state index in [4.69, 9.17) is 5.73 Å². The summed E-state index contributed by atoms with van der Waals surface area (Å²) in [5.41, 5.74) is 7.22. The van der Waals surface area contributed by atoms with E-state index < -0.39 is 17.5 Å². The lowest BCUT2D eigenvalue weighted by atomic mass is 10.1. The Bertz CT molecular complexity index is 1330. The number of nitrogens with one attached hydrogen (secondary N) is 1. The Labute approximate surface area is 194 Å². The molecule has 2 aromatic carbocycles. The number of hydrogen-bond donors (Lipinski definition) is 2. The first-order chi connectivity index (χ1) is 16.5. The van der Waals surface area contributed by atoms with Crippen LogP contribution in [0.5, 0.6) is 0 Å². The Morgan fingerprint density at radius 1 is 0.941 bits per heavy atom. The molecular formula is C24H24F3N7. The normalized spacial score (nSPS) is 14.6. The molecule has 4 aromatic rings. The smallest absolute Gasteiger partial charge is 0.225 e. The molecule has 10 heteroatoms. The third kappa shape index (κ3) is 4.41. The van der Waals surface area contributed by atoms with Crippen LogP contribution in [0.25, 0.3) is 28.0 Å². The van der Waals surface area contributed by atoms with Crippen molar-refractivity contribution < 1.29 is 13.2 Å². The minimum atomic E-state index is -0.780. The van der Waals surface area contributed by atoms with Crippen LogP contribution >= 0.6 is 0 Å². The van der Waals surface area contributed by atoms with Crippen molar-refractivity contribution in [1.82, 2.24) is 24.6 Å². The van der Waals surface area contributed by atoms with E-state index in [0.29, 0.717) is 17.6 Å². The molecule has 5 rings (SSSR count). The lowest BCUT2D eigenvalue weighted by molar-refractivity contribution is 0.237. The number of nitrogen functional groups attached to an aromatic ring is 1. The average Bonchev–Trinajstić information content (AvgIpc) is 3.16. The second-order valence-electron chi connectivity index (χ2n) is 8.32. The summed E-state index contributed by atoms with van der Waals surface area (Å²) in [5.74, 6) is -1.55. The zero-order valence-electron chi connectivity index (χ0n) is 18.4. The third-order valence-corrected chi connectivity index (χ3v) is 5.97. The maximum absolute atomic E-state index is 14.8. The van der Waals surface area contributed by atoms with Gasteiger partial charge in [-0.05, 0) is 56.3 Å². The van der Waals surface area contributed by atoms with Crippen molar-refractivity contribution in [3.63, 3.8) is 0 Å². The van der Waals surface area contributed by atoms with E-state index in [9.17, 15) is 13.2 Å². The van der Waals surface area contributed by atoms with E-state index in [-0.39, 0.29) is 28.7 Å². The molecule has 0 aliphatic carbocycles. The van der Waals surface area contributed by atoms with Crippen LogP contribution in [0.1, 0.15) is 19.3 Å². The van der Waals surface area contributed by atoms with Crippen LogP contribution in [-0.4, -0.2) is 50.8 Å². The van der Waals surface area contributed by atoms with Crippen molar-refractivity contribution in [3.05, 3.63) is 59.9 Å². The Morgan fingerprint density at radius 3 is 2.50 bits per heavy atom. The zero-order valence-corrected chi connectivity index (χ0v) is 18.4. The minimum Gasteiger partial charge on any atom is -0.383 e. The summed E-state index contributed by atoms with van der Waals surface area (Å²) in [7, 11) is 0. The molecule has 2 aromatic heterocycles. The van der Waals surface area contributed by atoms with Gasteiger partial charge in [0, 0.05) is 24.7 Å². The second-order valence-corrected chi connectivity index (χ2v) is 8.32. The van der Waals surface area contributed by atoms with Crippen molar-refractivity contribution in [3.8, 4) is 16.9 Å². The Balaban J connectivity index is 1.57. The van der Waals surface area contributed by atoms with Crippen LogP contribution in [0.15, 0.2) is 42.5 Å². The van der Waals surface area contributed by atoms with Crippen molar-refractivity contribution in [2.45, 2.75) is 19.3 Å². The molecule has 1 aliphatic rings. The van der Waals surface area contributed by atoms with E-state index in [1.807, 2.05) is 0 Å². The highest BCUT2D eigenvalue weighted by Crippen LogP contribution is 2.34. The Hall–Kier alpha value is -3.66. The number of anilines is 2. The maximum Gasteiger partial charge on any atom is 0.225 e. The minimum absolute atomic E-state index is 0.0679. The van der Waals surface area contributed by atoms with E-state index in [1.54, 1.807) is 6.07 Å². The van der Waals surface area contributed by atoms with Crippen molar-refractivity contribution >= 4 is 22.8 Å². The number of likely N-dealkylation sites (tertiary alicyclic amines) is 1. The molecule has 3 heterocycles. The number of piperidine rings is 1. The van der Waals surface area contributed by atoms with Crippen molar-refractivity contribution in [2.24, 2.45) is 0 Å². The molecule has 0 bridgehead atoms. The molecule has 176 valence electrons. The number of nitrogens with two attached hydrogens (primary N) is 1. The summed E-state index contributed by atoms with van der Waals surface area (Å²) >= 11 is 0. The molecule has 1 aliphatic heterocycles. The van der Waals surface area contributed by atoms with Gasteiger partial charge in [0.15, 0.2) is 5.65 Å². The molecular weight excluding hydrogens is 443 g/mol. The lowest BCUT2D eigenvalue weighted by Gasteiger charge is -2.26. The molecule has 0 amide bonds. The van der Waals surface area contributed by atoms with Gasteiger partial charge in [-0.25, -0.2) is 22.8 Å². The van der Waals surface area contributed by atoms with E-state index >= 15 is 0 Å². The van der Waals surface area contributed by atoms with E-state index in [0.717, 1.165) is 31.8 Å². The van der Waals surface area contributed by atoms with Gasteiger partial charge in [0.1, 0.15) is 23.3 Å². The fourth-order valence-corrected chi connectivity index (χ4v) is 4.28. The fraction of sp³-hybridized carbons (Fsp3) is 0.292. The number of aromatic nitrogens is 4. The van der Waals surface area contributed by atoms with Crippen LogP contribution in [0.2, 0.25) is 0 Å². The Kier molecular flexibility index (Phi) is 6.06. The van der Waals surface area contributed by atoms with Crippen molar-refractivity contribution in [1.29, 1.82) is 0 Å². The highest BCUT2D eigenvalue weighted by atomic mass is 19.1. The first-order valence-electron chi connectivity index (χ1n) is 11.2. The number of benzene rings is 2. The number of rotatable bonds is 6. The summed E-state index contributed by atoms with van der Waals surface area (Å²) in [4.78, 5) is 11.4. The standard InChI is InChI=1S/C24H24F3N7/c25-15-5-4-6-17(13-15)34-22(28)20-21(18-8-7-16(26)14-19(18)27)30-24(31-23(20)32-34)29-9-12-33-10-2-1-3-11-33/h4-8,13-14H,1-3,9-12,28H2,(H,29,31,32). The summed E-state index contributed by atoms with van der Waals surface area (Å²) in [6.45, 7) is 3.53. The van der Waals surface area contributed by atoms with Gasteiger partial charge in [0.2, 0.25) is 5.95 Å². The van der Waals surface area contributed by atoms with Crippen molar-refractivity contribution in [2.75, 3.05) is 37.2 Å². The molecule has 34 heavy (non-hydrogen) atoms. The van der Waals surface area contributed by atoms with Gasteiger partial charge in [-0.3, -0.25) is 0 Å². The largest absolute Gasteiger partial charge is 0.383 e. The van der Waals surface area contributed by atoms with Crippen LogP contribution in [0.4, 0.5) is 24.9 Å². The SMILES string of the molecule is Nc1c2c(-c3ccc(F)cc3F)nc(NCCN3CCCCC3)nc2nn1-c1cccc(F)c1. The predicted octanol–water partition coefficient (Wildman–Crippen LogP) is 4.38. The summed E-state index contributed by atoms with van der Waals surface area (Å²) in [6.07, 6.45) is 3.63. The fourth-order valence-electron chi connectivity index (χ4n) is 4.28. The first-order valence-corrected chi connectivity index (χ1v) is 11.2. The highest BCUT2D eigenvalue weighted by Gasteiger charge is 2.21. The maximum atomic E-state index is 14.8.